The first-order valence-corrected chi connectivity index (χ1v) is 14.8. The minimum atomic E-state index is -3.65. The van der Waals surface area contributed by atoms with Crippen molar-refractivity contribution >= 4 is 26.8 Å². The van der Waals surface area contributed by atoms with E-state index < -0.39 is 21.5 Å². The molecule has 1 spiro atoms. The Morgan fingerprint density at radius 2 is 1.85 bits per heavy atom. The molecule has 6 rings (SSSR count). The van der Waals surface area contributed by atoms with Crippen molar-refractivity contribution in [2.75, 3.05) is 33.4 Å². The lowest BCUT2D eigenvalue weighted by molar-refractivity contribution is 0.0378. The van der Waals surface area contributed by atoms with Gasteiger partial charge in [-0.25, -0.2) is 8.42 Å². The molecule has 1 atom stereocenters. The molecule has 40 heavy (non-hydrogen) atoms. The molecular formula is C30H32N4O5S. The number of piperidine rings is 1. The highest BCUT2D eigenvalue weighted by Crippen LogP contribution is 2.50. The number of ether oxygens (including phenoxy) is 1. The lowest BCUT2D eigenvalue weighted by Crippen LogP contribution is -2.56. The summed E-state index contributed by atoms with van der Waals surface area (Å²) in [6.07, 6.45) is 4.23. The third-order valence-corrected chi connectivity index (χ3v) is 10.5. The van der Waals surface area contributed by atoms with Crippen molar-refractivity contribution in [2.24, 2.45) is 7.05 Å². The molecule has 4 aromatic rings. The van der Waals surface area contributed by atoms with Crippen LogP contribution in [0.1, 0.15) is 40.5 Å². The fourth-order valence-corrected chi connectivity index (χ4v) is 7.99. The second-order valence-electron chi connectivity index (χ2n) is 10.6. The Bertz CT molecular complexity index is 1660. The SMILES string of the molecule is COc1ccc2c3c(n(C)c2c1)[C@@H](CO)N(C(=O)c1cccnc1)CC31CCN(S(=O)(=O)c2ccccc2)CC1. The Morgan fingerprint density at radius 3 is 2.50 bits per heavy atom. The van der Waals surface area contributed by atoms with E-state index in [-0.39, 0.29) is 17.4 Å². The number of amides is 1. The maximum Gasteiger partial charge on any atom is 0.256 e. The van der Waals surface area contributed by atoms with E-state index in [2.05, 4.69) is 4.98 Å². The molecule has 0 saturated carbocycles. The number of pyridine rings is 1. The van der Waals surface area contributed by atoms with E-state index in [4.69, 9.17) is 4.74 Å². The van der Waals surface area contributed by atoms with Crippen molar-refractivity contribution in [1.29, 1.82) is 0 Å². The monoisotopic (exact) mass is 560 g/mol. The minimum Gasteiger partial charge on any atom is -0.497 e. The number of hydrogen-bond acceptors (Lipinski definition) is 6. The number of rotatable bonds is 5. The van der Waals surface area contributed by atoms with Gasteiger partial charge in [0, 0.05) is 61.6 Å². The Labute approximate surface area is 233 Å². The van der Waals surface area contributed by atoms with E-state index in [1.807, 2.05) is 29.8 Å². The second kappa shape index (κ2) is 10.0. The van der Waals surface area contributed by atoms with Gasteiger partial charge in [-0.1, -0.05) is 18.2 Å². The van der Waals surface area contributed by atoms with Crippen molar-refractivity contribution in [2.45, 2.75) is 29.2 Å². The number of aliphatic hydroxyl groups excluding tert-OH is 1. The van der Waals surface area contributed by atoms with Gasteiger partial charge in [0.1, 0.15) is 5.75 Å². The molecule has 2 aliphatic rings. The van der Waals surface area contributed by atoms with Crippen LogP contribution >= 0.6 is 0 Å². The Kier molecular flexibility index (Phi) is 6.64. The number of benzene rings is 2. The number of aliphatic hydroxyl groups is 1. The smallest absolute Gasteiger partial charge is 0.256 e. The number of sulfonamides is 1. The summed E-state index contributed by atoms with van der Waals surface area (Å²) in [4.78, 5) is 20.0. The third-order valence-electron chi connectivity index (χ3n) is 8.55. The number of aryl methyl sites for hydroxylation is 1. The van der Waals surface area contributed by atoms with E-state index in [0.717, 1.165) is 22.2 Å². The topological polar surface area (TPSA) is 105 Å². The first kappa shape index (κ1) is 26.5. The molecule has 0 aliphatic carbocycles. The molecule has 1 fully saturated rings. The fraction of sp³-hybridized carbons (Fsp3) is 0.333. The molecule has 2 aromatic carbocycles. The van der Waals surface area contributed by atoms with Gasteiger partial charge in [0.05, 0.1) is 35.7 Å². The van der Waals surface area contributed by atoms with E-state index in [9.17, 15) is 18.3 Å². The van der Waals surface area contributed by atoms with Crippen LogP contribution in [0.25, 0.3) is 10.9 Å². The number of methoxy groups -OCH3 is 1. The average Bonchev–Trinajstić information content (AvgIpc) is 3.30. The van der Waals surface area contributed by atoms with Crippen LogP contribution in [0.3, 0.4) is 0 Å². The van der Waals surface area contributed by atoms with Crippen molar-refractivity contribution < 1.29 is 23.1 Å². The molecular weight excluding hydrogens is 528 g/mol. The molecule has 0 unspecified atom stereocenters. The number of fused-ring (bicyclic) bond motifs is 4. The van der Waals surface area contributed by atoms with E-state index in [1.165, 1.54) is 0 Å². The predicted molar refractivity (Wildman–Crippen MR) is 151 cm³/mol. The standard InChI is InChI=1S/C30H32N4O5S/c1-32-25-17-22(39-2)10-11-24(25)27-28(32)26(19-35)34(29(36)21-7-6-14-31-18-21)20-30(27)12-15-33(16-13-30)40(37,38)23-8-4-3-5-9-23/h3-11,14,17-18,26,35H,12-13,15-16,19-20H2,1-2H3/t26-/m1/s1. The van der Waals surface area contributed by atoms with Crippen molar-refractivity contribution in [1.82, 2.24) is 18.8 Å². The molecule has 1 N–H and O–H groups in total. The summed E-state index contributed by atoms with van der Waals surface area (Å²) < 4.78 is 36.0. The summed E-state index contributed by atoms with van der Waals surface area (Å²) >= 11 is 0. The van der Waals surface area contributed by atoms with Gasteiger partial charge in [-0.3, -0.25) is 9.78 Å². The first-order chi connectivity index (χ1) is 19.3. The molecule has 1 saturated heterocycles. The maximum absolute atomic E-state index is 13.9. The predicted octanol–water partition coefficient (Wildman–Crippen LogP) is 3.49. The maximum atomic E-state index is 13.9. The van der Waals surface area contributed by atoms with Gasteiger partial charge < -0.3 is 19.3 Å². The second-order valence-corrected chi connectivity index (χ2v) is 12.5. The lowest BCUT2D eigenvalue weighted by Gasteiger charge is -2.50. The number of nitrogens with zero attached hydrogens (tertiary/aromatic N) is 4. The summed E-state index contributed by atoms with van der Waals surface area (Å²) in [5.41, 5.74) is 2.84. The zero-order valence-corrected chi connectivity index (χ0v) is 23.3. The third kappa shape index (κ3) is 4.09. The molecule has 1 amide bonds. The molecule has 0 radical (unpaired) electrons. The van der Waals surface area contributed by atoms with E-state index >= 15 is 0 Å². The largest absolute Gasteiger partial charge is 0.497 e. The highest BCUT2D eigenvalue weighted by molar-refractivity contribution is 7.89. The van der Waals surface area contributed by atoms with Gasteiger partial charge in [0.15, 0.2) is 0 Å². The van der Waals surface area contributed by atoms with Crippen molar-refractivity contribution in [3.05, 3.63) is 89.9 Å². The molecule has 2 aromatic heterocycles. The molecule has 10 heteroatoms. The quantitative estimate of drug-likeness (QED) is 0.401. The molecule has 2 aliphatic heterocycles. The summed E-state index contributed by atoms with van der Waals surface area (Å²) in [7, 11) is -0.0739. The van der Waals surface area contributed by atoms with Crippen LogP contribution in [-0.4, -0.2) is 71.5 Å². The van der Waals surface area contributed by atoms with E-state index in [1.54, 1.807) is 71.2 Å². The van der Waals surface area contributed by atoms with Crippen LogP contribution in [-0.2, 0) is 22.5 Å². The van der Waals surface area contributed by atoms with Crippen LogP contribution in [0, 0.1) is 0 Å². The highest BCUT2D eigenvalue weighted by atomic mass is 32.2. The van der Waals surface area contributed by atoms with E-state index in [0.29, 0.717) is 43.8 Å². The Balaban J connectivity index is 1.47. The molecule has 0 bridgehead atoms. The number of carbonyl (C=O) groups excluding carboxylic acids is 1. The molecule has 208 valence electrons. The normalized spacial score (nSPS) is 19.1. The van der Waals surface area contributed by atoms with Crippen LogP contribution in [0.15, 0.2) is 78.0 Å². The summed E-state index contributed by atoms with van der Waals surface area (Å²) in [5, 5.41) is 11.7. The van der Waals surface area contributed by atoms with Gasteiger partial charge in [-0.15, -0.1) is 0 Å². The Morgan fingerprint density at radius 1 is 1.10 bits per heavy atom. The number of aromatic nitrogens is 2. The zero-order valence-electron chi connectivity index (χ0n) is 22.5. The van der Waals surface area contributed by atoms with Gasteiger partial charge in [0.25, 0.3) is 5.91 Å². The number of hydrogen-bond donors (Lipinski definition) is 1. The summed E-state index contributed by atoms with van der Waals surface area (Å²) in [6.45, 7) is 0.762. The Hall–Kier alpha value is -3.73. The summed E-state index contributed by atoms with van der Waals surface area (Å²) in [5.74, 6) is 0.506. The zero-order chi connectivity index (χ0) is 28.1. The lowest BCUT2D eigenvalue weighted by atomic mass is 9.68. The average molecular weight is 561 g/mol. The fourth-order valence-electron chi connectivity index (χ4n) is 6.53. The summed E-state index contributed by atoms with van der Waals surface area (Å²) in [6, 6.07) is 17.3. The van der Waals surface area contributed by atoms with Gasteiger partial charge >= 0.3 is 0 Å². The van der Waals surface area contributed by atoms with Gasteiger partial charge in [0.2, 0.25) is 10.0 Å². The highest BCUT2D eigenvalue weighted by Gasteiger charge is 2.50. The van der Waals surface area contributed by atoms with Crippen LogP contribution < -0.4 is 4.74 Å². The number of carbonyl (C=O) groups is 1. The van der Waals surface area contributed by atoms with Gasteiger partial charge in [-0.05, 0) is 54.8 Å². The first-order valence-electron chi connectivity index (χ1n) is 13.3. The molecule has 4 heterocycles. The van der Waals surface area contributed by atoms with Crippen molar-refractivity contribution in [3.63, 3.8) is 0 Å². The van der Waals surface area contributed by atoms with Crippen LogP contribution in [0.4, 0.5) is 0 Å². The molecule has 9 nitrogen and oxygen atoms in total. The minimum absolute atomic E-state index is 0.209. The van der Waals surface area contributed by atoms with Crippen LogP contribution in [0.5, 0.6) is 5.75 Å². The van der Waals surface area contributed by atoms with Gasteiger partial charge in [-0.2, -0.15) is 4.31 Å². The van der Waals surface area contributed by atoms with Crippen molar-refractivity contribution in [3.8, 4) is 5.75 Å². The van der Waals surface area contributed by atoms with Crippen LogP contribution in [0.2, 0.25) is 0 Å².